The Labute approximate surface area is 201 Å². The van der Waals surface area contributed by atoms with Gasteiger partial charge in [0.2, 0.25) is 10.0 Å². The van der Waals surface area contributed by atoms with Crippen molar-refractivity contribution < 1.29 is 22.4 Å². The molecule has 0 saturated heterocycles. The molecule has 0 saturated carbocycles. The van der Waals surface area contributed by atoms with Gasteiger partial charge in [0, 0.05) is 10.6 Å². The van der Waals surface area contributed by atoms with Crippen LogP contribution in [0.1, 0.15) is 12.7 Å². The van der Waals surface area contributed by atoms with Crippen molar-refractivity contribution in [3.63, 3.8) is 0 Å². The number of nitrogens with one attached hydrogen (secondary N) is 1. The largest absolute Gasteiger partial charge is 0.492 e. The molecular weight excluding hydrogens is 489 g/mol. The van der Waals surface area contributed by atoms with Gasteiger partial charge in [-0.25, -0.2) is 13.8 Å². The maximum Gasteiger partial charge on any atom is 0.260 e. The lowest BCUT2D eigenvalue weighted by molar-refractivity contribution is -0.119. The summed E-state index contributed by atoms with van der Waals surface area (Å²) in [5.41, 5.74) is 3.22. The van der Waals surface area contributed by atoms with Gasteiger partial charge in [-0.1, -0.05) is 35.3 Å². The van der Waals surface area contributed by atoms with E-state index in [1.807, 2.05) is 0 Å². The summed E-state index contributed by atoms with van der Waals surface area (Å²) in [6.07, 6.45) is 2.31. The van der Waals surface area contributed by atoms with Gasteiger partial charge in [-0.15, -0.1) is 0 Å². The Hall–Kier alpha value is -3.01. The van der Waals surface area contributed by atoms with Crippen LogP contribution in [0.25, 0.3) is 11.3 Å². The molecule has 2 aromatic carbocycles. The number of halogens is 2. The van der Waals surface area contributed by atoms with Gasteiger partial charge in [0.25, 0.3) is 5.91 Å². The molecule has 1 amide bonds. The van der Waals surface area contributed by atoms with Crippen molar-refractivity contribution in [1.82, 2.24) is 5.43 Å². The highest BCUT2D eigenvalue weighted by atomic mass is 35.5. The Morgan fingerprint density at radius 3 is 2.64 bits per heavy atom. The van der Waals surface area contributed by atoms with Gasteiger partial charge in [0.05, 0.1) is 29.8 Å². The van der Waals surface area contributed by atoms with Crippen molar-refractivity contribution in [2.24, 2.45) is 5.10 Å². The lowest BCUT2D eigenvalue weighted by Crippen LogP contribution is -2.39. The fourth-order valence-electron chi connectivity index (χ4n) is 2.91. The highest BCUT2D eigenvalue weighted by Gasteiger charge is 2.23. The fourth-order valence-corrected chi connectivity index (χ4v) is 4.27. The Bertz CT molecular complexity index is 1270. The van der Waals surface area contributed by atoms with Gasteiger partial charge in [-0.05, 0) is 49.4 Å². The van der Waals surface area contributed by atoms with E-state index < -0.39 is 22.5 Å². The molecule has 0 aliphatic rings. The Kier molecular flexibility index (Phi) is 8.01. The molecule has 33 heavy (non-hydrogen) atoms. The lowest BCUT2D eigenvalue weighted by Gasteiger charge is -2.23. The van der Waals surface area contributed by atoms with Crippen molar-refractivity contribution in [3.8, 4) is 17.1 Å². The van der Waals surface area contributed by atoms with Crippen molar-refractivity contribution in [3.05, 3.63) is 70.4 Å². The van der Waals surface area contributed by atoms with Crippen LogP contribution in [0.15, 0.2) is 64.1 Å². The summed E-state index contributed by atoms with van der Waals surface area (Å²) in [5.74, 6) is 0.569. The van der Waals surface area contributed by atoms with E-state index in [0.717, 1.165) is 10.6 Å². The topological polar surface area (TPSA) is 101 Å². The first-order valence-electron chi connectivity index (χ1n) is 9.75. The number of rotatable bonds is 9. The van der Waals surface area contributed by atoms with Crippen LogP contribution < -0.4 is 14.5 Å². The summed E-state index contributed by atoms with van der Waals surface area (Å²) in [4.78, 5) is 12.4. The number of carbonyl (C=O) groups excluding carboxylic acids is 1. The summed E-state index contributed by atoms with van der Waals surface area (Å²) >= 11 is 12.1. The number of hydrogen-bond acceptors (Lipinski definition) is 6. The second-order valence-electron chi connectivity index (χ2n) is 6.79. The first-order valence-corrected chi connectivity index (χ1v) is 12.4. The summed E-state index contributed by atoms with van der Waals surface area (Å²) in [5, 5.41) is 4.79. The first-order chi connectivity index (χ1) is 15.7. The molecule has 0 spiro atoms. The van der Waals surface area contributed by atoms with Crippen LogP contribution in [0.3, 0.4) is 0 Å². The van der Waals surface area contributed by atoms with E-state index in [0.29, 0.717) is 39.5 Å². The molecule has 11 heteroatoms. The molecule has 3 rings (SSSR count). The predicted molar refractivity (Wildman–Crippen MR) is 130 cm³/mol. The highest BCUT2D eigenvalue weighted by molar-refractivity contribution is 7.92. The number of hydrazone groups is 1. The molecule has 3 aromatic rings. The van der Waals surface area contributed by atoms with E-state index in [2.05, 4.69) is 10.5 Å². The van der Waals surface area contributed by atoms with Gasteiger partial charge in [0.1, 0.15) is 23.8 Å². The van der Waals surface area contributed by atoms with Crippen LogP contribution in [0.2, 0.25) is 10.0 Å². The molecular formula is C22H21Cl2N3O5S. The second kappa shape index (κ2) is 10.7. The van der Waals surface area contributed by atoms with Gasteiger partial charge in [-0.2, -0.15) is 5.10 Å². The number of anilines is 1. The molecule has 174 valence electrons. The lowest BCUT2D eigenvalue weighted by atomic mass is 10.2. The van der Waals surface area contributed by atoms with E-state index in [-0.39, 0.29) is 5.69 Å². The number of carbonyl (C=O) groups is 1. The molecule has 0 radical (unpaired) electrons. The second-order valence-corrected chi connectivity index (χ2v) is 9.54. The minimum Gasteiger partial charge on any atom is -0.492 e. The monoisotopic (exact) mass is 509 g/mol. The summed E-state index contributed by atoms with van der Waals surface area (Å²) in [6.45, 7) is 1.64. The molecule has 0 unspecified atom stereocenters. The maximum atomic E-state index is 12.4. The summed E-state index contributed by atoms with van der Waals surface area (Å²) in [7, 11) is -3.77. The Balaban J connectivity index is 1.69. The number of sulfonamides is 1. The van der Waals surface area contributed by atoms with E-state index in [1.165, 1.54) is 6.21 Å². The third-order valence-electron chi connectivity index (χ3n) is 4.33. The van der Waals surface area contributed by atoms with Crippen molar-refractivity contribution in [1.29, 1.82) is 0 Å². The first kappa shape index (κ1) is 24.6. The van der Waals surface area contributed by atoms with Crippen LogP contribution in [-0.4, -0.2) is 39.9 Å². The third kappa shape index (κ3) is 6.50. The van der Waals surface area contributed by atoms with Gasteiger partial charge >= 0.3 is 0 Å². The van der Waals surface area contributed by atoms with Crippen LogP contribution >= 0.6 is 23.2 Å². The fraction of sp³-hybridized carbons (Fsp3) is 0.182. The third-order valence-corrected chi connectivity index (χ3v) is 6.00. The molecule has 0 bridgehead atoms. The summed E-state index contributed by atoms with van der Waals surface area (Å²) in [6, 6.07) is 14.9. The van der Waals surface area contributed by atoms with E-state index in [9.17, 15) is 13.2 Å². The number of nitrogens with zero attached hydrogens (tertiary/aromatic N) is 2. The SMILES string of the molecule is CCOc1ccccc1N(CC(=O)N/N=C\c1ccc(-c2ccc(Cl)cc2Cl)o1)S(C)(=O)=O. The van der Waals surface area contributed by atoms with Crippen molar-refractivity contribution in [2.75, 3.05) is 23.7 Å². The minimum atomic E-state index is -3.77. The number of hydrogen-bond donors (Lipinski definition) is 1. The standard InChI is InChI=1S/C22H21Cl2N3O5S/c1-3-31-21-7-5-4-6-19(21)27(33(2,29)30)14-22(28)26-25-13-16-9-11-20(32-16)17-10-8-15(23)12-18(17)24/h4-13H,3,14H2,1-2H3,(H,26,28)/b25-13-. The number of ether oxygens (including phenoxy) is 1. The quantitative estimate of drug-likeness (QED) is 0.336. The van der Waals surface area contributed by atoms with Crippen molar-refractivity contribution in [2.45, 2.75) is 6.92 Å². The normalized spacial score (nSPS) is 11.5. The highest BCUT2D eigenvalue weighted by Crippen LogP contribution is 2.31. The van der Waals surface area contributed by atoms with Crippen LogP contribution in [0, 0.1) is 0 Å². The molecule has 0 fully saturated rings. The molecule has 0 atom stereocenters. The van der Waals surface area contributed by atoms with Crippen LogP contribution in [0.4, 0.5) is 5.69 Å². The zero-order valence-corrected chi connectivity index (χ0v) is 20.1. The zero-order valence-electron chi connectivity index (χ0n) is 17.8. The van der Waals surface area contributed by atoms with E-state index in [1.54, 1.807) is 61.5 Å². The van der Waals surface area contributed by atoms with E-state index >= 15 is 0 Å². The molecule has 8 nitrogen and oxygen atoms in total. The zero-order chi connectivity index (χ0) is 24.0. The molecule has 1 N–H and O–H groups in total. The maximum absolute atomic E-state index is 12.4. The molecule has 1 heterocycles. The predicted octanol–water partition coefficient (Wildman–Crippen LogP) is 4.57. The molecule has 0 aliphatic carbocycles. The van der Waals surface area contributed by atoms with E-state index in [4.69, 9.17) is 32.4 Å². The van der Waals surface area contributed by atoms with Crippen LogP contribution in [0.5, 0.6) is 5.75 Å². The van der Waals surface area contributed by atoms with Gasteiger partial charge < -0.3 is 9.15 Å². The average molecular weight is 510 g/mol. The number of benzene rings is 2. The smallest absolute Gasteiger partial charge is 0.260 e. The van der Waals surface area contributed by atoms with Gasteiger partial charge in [-0.3, -0.25) is 9.10 Å². The number of para-hydroxylation sites is 2. The Morgan fingerprint density at radius 2 is 1.94 bits per heavy atom. The average Bonchev–Trinajstić information content (AvgIpc) is 3.20. The number of amides is 1. The van der Waals surface area contributed by atoms with Crippen molar-refractivity contribution >= 4 is 51.0 Å². The van der Waals surface area contributed by atoms with Gasteiger partial charge in [0.15, 0.2) is 0 Å². The molecule has 0 aliphatic heterocycles. The Morgan fingerprint density at radius 1 is 1.18 bits per heavy atom. The number of furan rings is 1. The van der Waals surface area contributed by atoms with Crippen LogP contribution in [-0.2, 0) is 14.8 Å². The summed E-state index contributed by atoms with van der Waals surface area (Å²) < 4.78 is 36.8. The molecule has 1 aromatic heterocycles. The minimum absolute atomic E-state index is 0.261.